The van der Waals surface area contributed by atoms with Crippen molar-refractivity contribution in [1.82, 2.24) is 5.32 Å². The molecule has 82 valence electrons. The molecule has 1 N–H and O–H groups in total. The number of nitrogens with one attached hydrogen (secondary N) is 1. The quantitative estimate of drug-likeness (QED) is 0.787. The number of hydrogen-bond donors (Lipinski definition) is 1. The van der Waals surface area contributed by atoms with E-state index in [1.165, 1.54) is 12.0 Å². The highest BCUT2D eigenvalue weighted by Crippen LogP contribution is 2.35. The number of aryl methyl sites for hydroxylation is 1. The molecule has 1 aliphatic rings. The van der Waals surface area contributed by atoms with E-state index in [9.17, 15) is 4.39 Å². The van der Waals surface area contributed by atoms with Crippen molar-refractivity contribution >= 4 is 11.8 Å². The van der Waals surface area contributed by atoms with Crippen LogP contribution in [0.5, 0.6) is 0 Å². The van der Waals surface area contributed by atoms with Crippen molar-refractivity contribution in [2.75, 3.05) is 6.54 Å². The van der Waals surface area contributed by atoms with Crippen molar-refractivity contribution in [1.29, 1.82) is 0 Å². The predicted octanol–water partition coefficient (Wildman–Crippen LogP) is 3.25. The largest absolute Gasteiger partial charge is 0.302 e. The summed E-state index contributed by atoms with van der Waals surface area (Å²) in [5, 5.41) is 4.48. The lowest BCUT2D eigenvalue weighted by molar-refractivity contribution is 0.598. The minimum Gasteiger partial charge on any atom is -0.302 e. The van der Waals surface area contributed by atoms with Crippen LogP contribution < -0.4 is 5.32 Å². The van der Waals surface area contributed by atoms with Crippen LogP contribution in [0.3, 0.4) is 0 Å². The van der Waals surface area contributed by atoms with Gasteiger partial charge in [0.25, 0.3) is 0 Å². The summed E-state index contributed by atoms with van der Waals surface area (Å²) in [6.07, 6.45) is 1.21. The Kier molecular flexibility index (Phi) is 3.32. The third-order valence-corrected chi connectivity index (χ3v) is 4.16. The van der Waals surface area contributed by atoms with Crippen LogP contribution in [0.25, 0.3) is 0 Å². The fourth-order valence-electron chi connectivity index (χ4n) is 1.88. The van der Waals surface area contributed by atoms with Gasteiger partial charge in [0, 0.05) is 5.25 Å². The highest BCUT2D eigenvalue weighted by atomic mass is 32.2. The normalized spacial score (nSPS) is 26.6. The lowest BCUT2D eigenvalue weighted by atomic mass is 10.1. The maximum Gasteiger partial charge on any atom is 0.123 e. The molecule has 0 spiro atoms. The average Bonchev–Trinajstić information content (AvgIpc) is 2.17. The molecule has 0 saturated carbocycles. The van der Waals surface area contributed by atoms with E-state index in [0.717, 1.165) is 12.1 Å². The number of benzene rings is 1. The van der Waals surface area contributed by atoms with Crippen LogP contribution in [0.15, 0.2) is 18.2 Å². The van der Waals surface area contributed by atoms with Gasteiger partial charge < -0.3 is 5.32 Å². The first-order valence-electron chi connectivity index (χ1n) is 5.31. The van der Waals surface area contributed by atoms with Gasteiger partial charge in [-0.3, -0.25) is 0 Å². The van der Waals surface area contributed by atoms with E-state index in [1.54, 1.807) is 12.1 Å². The SMILES string of the molecule is Cc1cc(F)ccc1C1NCCC(C)S1. The summed E-state index contributed by atoms with van der Waals surface area (Å²) in [4.78, 5) is 0. The fraction of sp³-hybridized carbons (Fsp3) is 0.500. The predicted molar refractivity (Wildman–Crippen MR) is 63.6 cm³/mol. The molecule has 0 radical (unpaired) electrons. The Balaban J connectivity index is 2.21. The molecule has 2 rings (SSSR count). The van der Waals surface area contributed by atoms with Gasteiger partial charge in [0.1, 0.15) is 5.82 Å². The lowest BCUT2D eigenvalue weighted by Gasteiger charge is -2.29. The maximum absolute atomic E-state index is 13.0. The van der Waals surface area contributed by atoms with Crippen LogP contribution in [0, 0.1) is 12.7 Å². The molecule has 15 heavy (non-hydrogen) atoms. The van der Waals surface area contributed by atoms with Gasteiger partial charge in [-0.25, -0.2) is 4.39 Å². The van der Waals surface area contributed by atoms with Crippen molar-refractivity contribution in [2.24, 2.45) is 0 Å². The second kappa shape index (κ2) is 4.54. The van der Waals surface area contributed by atoms with Gasteiger partial charge in [-0.15, -0.1) is 11.8 Å². The zero-order chi connectivity index (χ0) is 10.8. The number of thioether (sulfide) groups is 1. The number of halogens is 1. The van der Waals surface area contributed by atoms with E-state index in [4.69, 9.17) is 0 Å². The van der Waals surface area contributed by atoms with Crippen LogP contribution in [-0.4, -0.2) is 11.8 Å². The summed E-state index contributed by atoms with van der Waals surface area (Å²) >= 11 is 1.93. The second-order valence-electron chi connectivity index (χ2n) is 4.07. The molecule has 1 heterocycles. The van der Waals surface area contributed by atoms with Crippen LogP contribution in [0.2, 0.25) is 0 Å². The first-order chi connectivity index (χ1) is 7.16. The minimum absolute atomic E-state index is 0.148. The maximum atomic E-state index is 13.0. The molecule has 1 aromatic rings. The Labute approximate surface area is 94.5 Å². The van der Waals surface area contributed by atoms with E-state index in [-0.39, 0.29) is 5.82 Å². The first-order valence-corrected chi connectivity index (χ1v) is 6.26. The van der Waals surface area contributed by atoms with E-state index < -0.39 is 0 Å². The third kappa shape index (κ3) is 2.52. The van der Waals surface area contributed by atoms with Crippen LogP contribution in [0.4, 0.5) is 4.39 Å². The smallest absolute Gasteiger partial charge is 0.123 e. The van der Waals surface area contributed by atoms with Crippen LogP contribution >= 0.6 is 11.8 Å². The van der Waals surface area contributed by atoms with E-state index in [1.807, 2.05) is 24.8 Å². The molecule has 1 saturated heterocycles. The molecule has 0 bridgehead atoms. The van der Waals surface area contributed by atoms with Gasteiger partial charge in [-0.2, -0.15) is 0 Å². The van der Waals surface area contributed by atoms with E-state index in [2.05, 4.69) is 12.2 Å². The van der Waals surface area contributed by atoms with E-state index in [0.29, 0.717) is 10.6 Å². The van der Waals surface area contributed by atoms with Gasteiger partial charge in [-0.1, -0.05) is 13.0 Å². The molecule has 2 atom stereocenters. The van der Waals surface area contributed by atoms with Gasteiger partial charge in [0.05, 0.1) is 5.37 Å². The minimum atomic E-state index is -0.148. The summed E-state index contributed by atoms with van der Waals surface area (Å²) in [6, 6.07) is 5.05. The number of rotatable bonds is 1. The summed E-state index contributed by atoms with van der Waals surface area (Å²) in [5.74, 6) is -0.148. The monoisotopic (exact) mass is 225 g/mol. The van der Waals surface area contributed by atoms with Crippen LogP contribution in [0.1, 0.15) is 29.8 Å². The van der Waals surface area contributed by atoms with Crippen molar-refractivity contribution < 1.29 is 4.39 Å². The highest BCUT2D eigenvalue weighted by molar-refractivity contribution is 8.00. The van der Waals surface area contributed by atoms with Gasteiger partial charge in [0.2, 0.25) is 0 Å². The zero-order valence-electron chi connectivity index (χ0n) is 9.09. The molecule has 0 aliphatic carbocycles. The molecule has 1 aromatic carbocycles. The Morgan fingerprint density at radius 3 is 2.93 bits per heavy atom. The van der Waals surface area contributed by atoms with Crippen LogP contribution in [-0.2, 0) is 0 Å². The first kappa shape index (κ1) is 11.0. The topological polar surface area (TPSA) is 12.0 Å². The summed E-state index contributed by atoms with van der Waals surface area (Å²) < 4.78 is 13.0. The third-order valence-electron chi connectivity index (χ3n) is 2.76. The summed E-state index contributed by atoms with van der Waals surface area (Å²) in [7, 11) is 0. The molecule has 0 amide bonds. The average molecular weight is 225 g/mol. The zero-order valence-corrected chi connectivity index (χ0v) is 9.90. The number of hydrogen-bond acceptors (Lipinski definition) is 2. The van der Waals surface area contributed by atoms with E-state index >= 15 is 0 Å². The second-order valence-corrected chi connectivity index (χ2v) is 5.62. The van der Waals surface area contributed by atoms with Crippen molar-refractivity contribution in [2.45, 2.75) is 30.9 Å². The lowest BCUT2D eigenvalue weighted by Crippen LogP contribution is -2.29. The Hall–Kier alpha value is -0.540. The molecule has 2 unspecified atom stereocenters. The Morgan fingerprint density at radius 2 is 2.27 bits per heavy atom. The van der Waals surface area contributed by atoms with Crippen molar-refractivity contribution in [3.05, 3.63) is 35.1 Å². The molecule has 3 heteroatoms. The summed E-state index contributed by atoms with van der Waals surface area (Å²) in [5.41, 5.74) is 2.25. The standard InChI is InChI=1S/C12H16FNS/c1-8-7-10(13)3-4-11(8)12-14-6-5-9(2)15-12/h3-4,7,9,12,14H,5-6H2,1-2H3. The Bertz CT molecular complexity index is 353. The van der Waals surface area contributed by atoms with Gasteiger partial charge in [-0.05, 0) is 43.1 Å². The summed E-state index contributed by atoms with van der Waals surface area (Å²) in [6.45, 7) is 5.27. The van der Waals surface area contributed by atoms with Gasteiger partial charge >= 0.3 is 0 Å². The molecule has 1 fully saturated rings. The molecule has 1 nitrogen and oxygen atoms in total. The Morgan fingerprint density at radius 1 is 1.47 bits per heavy atom. The van der Waals surface area contributed by atoms with Crippen molar-refractivity contribution in [3.63, 3.8) is 0 Å². The van der Waals surface area contributed by atoms with Gasteiger partial charge in [0.15, 0.2) is 0 Å². The van der Waals surface area contributed by atoms with Crippen molar-refractivity contribution in [3.8, 4) is 0 Å². The fourth-order valence-corrected chi connectivity index (χ4v) is 3.23. The molecule has 1 aliphatic heterocycles. The molecule has 0 aromatic heterocycles. The highest BCUT2D eigenvalue weighted by Gasteiger charge is 2.21. The molecular weight excluding hydrogens is 209 g/mol. The molecular formula is C12H16FNS.